The number of nitrogens with zero attached hydrogens (tertiary/aromatic N) is 6. The highest BCUT2D eigenvalue weighted by molar-refractivity contribution is 7.99. The average Bonchev–Trinajstić information content (AvgIpc) is 3.30. The number of thioether (sulfide) groups is 1. The van der Waals surface area contributed by atoms with Gasteiger partial charge in [0.15, 0.2) is 5.16 Å². The lowest BCUT2D eigenvalue weighted by atomic mass is 10.2. The van der Waals surface area contributed by atoms with E-state index in [1.54, 1.807) is 11.0 Å². The molecule has 4 rings (SSSR count). The van der Waals surface area contributed by atoms with Crippen LogP contribution in [0.3, 0.4) is 0 Å². The van der Waals surface area contributed by atoms with Crippen molar-refractivity contribution >= 4 is 29.3 Å². The van der Waals surface area contributed by atoms with Crippen molar-refractivity contribution in [3.05, 3.63) is 41.0 Å². The number of carbonyl (C=O) groups excluding carboxylic acids is 1. The van der Waals surface area contributed by atoms with E-state index >= 15 is 0 Å². The fraction of sp³-hybridized carbons (Fsp3) is 0.476. The zero-order valence-corrected chi connectivity index (χ0v) is 19.2. The number of benzene rings is 1. The van der Waals surface area contributed by atoms with Gasteiger partial charge in [0.05, 0.1) is 22.9 Å². The standard InChI is InChI=1S/C21H25ClN6O2S/c1-14(2)28(12-18-24-25-20(30-18)15-8-5-6-9-16(15)22)19(29)13-31-21-26-23-17-10-4-3-7-11-27(17)21/h5-6,8-9,14H,3-4,7,10-13H2,1-2H3. The molecule has 1 aliphatic heterocycles. The van der Waals surface area contributed by atoms with Crippen LogP contribution in [0.4, 0.5) is 0 Å². The first-order valence-corrected chi connectivity index (χ1v) is 11.8. The van der Waals surface area contributed by atoms with Crippen LogP contribution in [0.5, 0.6) is 0 Å². The summed E-state index contributed by atoms with van der Waals surface area (Å²) >= 11 is 7.65. The molecule has 1 aromatic carbocycles. The fourth-order valence-electron chi connectivity index (χ4n) is 3.54. The summed E-state index contributed by atoms with van der Waals surface area (Å²) in [5.74, 6) is 2.01. The topological polar surface area (TPSA) is 89.9 Å². The summed E-state index contributed by atoms with van der Waals surface area (Å²) in [6, 6.07) is 7.28. The molecule has 0 bridgehead atoms. The minimum Gasteiger partial charge on any atom is -0.419 e. The van der Waals surface area contributed by atoms with Crippen LogP contribution in [0.2, 0.25) is 5.02 Å². The van der Waals surface area contributed by atoms with Gasteiger partial charge in [-0.1, -0.05) is 41.9 Å². The lowest BCUT2D eigenvalue weighted by Gasteiger charge is -2.25. The second kappa shape index (κ2) is 9.82. The highest BCUT2D eigenvalue weighted by atomic mass is 35.5. The highest BCUT2D eigenvalue weighted by Crippen LogP contribution is 2.27. The van der Waals surface area contributed by atoms with Crippen LogP contribution in [0, 0.1) is 0 Å². The fourth-order valence-corrected chi connectivity index (χ4v) is 4.63. The minimum absolute atomic E-state index is 0.0107. The van der Waals surface area contributed by atoms with E-state index in [1.165, 1.54) is 18.2 Å². The summed E-state index contributed by atoms with van der Waals surface area (Å²) in [6.07, 6.45) is 4.41. The van der Waals surface area contributed by atoms with E-state index in [1.807, 2.05) is 32.0 Å². The molecule has 10 heteroatoms. The van der Waals surface area contributed by atoms with Crippen LogP contribution in [-0.4, -0.2) is 47.6 Å². The maximum Gasteiger partial charge on any atom is 0.249 e. The maximum atomic E-state index is 13.0. The predicted molar refractivity (Wildman–Crippen MR) is 119 cm³/mol. The van der Waals surface area contributed by atoms with Crippen LogP contribution in [0.25, 0.3) is 11.5 Å². The average molecular weight is 461 g/mol. The Morgan fingerprint density at radius 1 is 1.19 bits per heavy atom. The van der Waals surface area contributed by atoms with E-state index in [9.17, 15) is 4.79 Å². The Bertz CT molecular complexity index is 1050. The van der Waals surface area contributed by atoms with Crippen LogP contribution >= 0.6 is 23.4 Å². The third-order valence-electron chi connectivity index (χ3n) is 5.22. The normalized spacial score (nSPS) is 13.8. The molecule has 0 saturated carbocycles. The Morgan fingerprint density at radius 3 is 2.84 bits per heavy atom. The van der Waals surface area contributed by atoms with Crippen molar-refractivity contribution in [3.8, 4) is 11.5 Å². The molecule has 0 N–H and O–H groups in total. The molecule has 2 aromatic heterocycles. The molecular weight excluding hydrogens is 436 g/mol. The molecule has 0 fully saturated rings. The lowest BCUT2D eigenvalue weighted by molar-refractivity contribution is -0.131. The van der Waals surface area contributed by atoms with Crippen molar-refractivity contribution < 1.29 is 9.21 Å². The van der Waals surface area contributed by atoms with Gasteiger partial charge >= 0.3 is 0 Å². The number of aromatic nitrogens is 5. The summed E-state index contributed by atoms with van der Waals surface area (Å²) < 4.78 is 7.94. The third kappa shape index (κ3) is 5.10. The number of hydrogen-bond acceptors (Lipinski definition) is 7. The number of aryl methyl sites for hydroxylation is 1. The third-order valence-corrected chi connectivity index (χ3v) is 6.50. The quantitative estimate of drug-likeness (QED) is 0.487. The van der Waals surface area contributed by atoms with E-state index in [0.29, 0.717) is 22.4 Å². The Hall–Kier alpha value is -2.39. The molecule has 8 nitrogen and oxygen atoms in total. The first-order chi connectivity index (χ1) is 15.0. The molecule has 0 saturated heterocycles. The number of amides is 1. The smallest absolute Gasteiger partial charge is 0.249 e. The van der Waals surface area contributed by atoms with Gasteiger partial charge in [0.25, 0.3) is 0 Å². The molecule has 0 unspecified atom stereocenters. The van der Waals surface area contributed by atoms with Gasteiger partial charge in [-0.3, -0.25) is 4.79 Å². The summed E-state index contributed by atoms with van der Waals surface area (Å²) in [7, 11) is 0. The number of carbonyl (C=O) groups is 1. The van der Waals surface area contributed by atoms with Crippen molar-refractivity contribution in [1.29, 1.82) is 0 Å². The van der Waals surface area contributed by atoms with Crippen molar-refractivity contribution in [3.63, 3.8) is 0 Å². The van der Waals surface area contributed by atoms with Gasteiger partial charge < -0.3 is 13.9 Å². The SMILES string of the molecule is CC(C)N(Cc1nnc(-c2ccccc2Cl)o1)C(=O)CSc1nnc2n1CCCCC2. The van der Waals surface area contributed by atoms with Gasteiger partial charge in [-0.2, -0.15) is 0 Å². The first-order valence-electron chi connectivity index (χ1n) is 10.4. The number of fused-ring (bicyclic) bond motifs is 1. The second-order valence-electron chi connectivity index (χ2n) is 7.75. The Labute approximate surface area is 190 Å². The van der Waals surface area contributed by atoms with E-state index < -0.39 is 0 Å². The van der Waals surface area contributed by atoms with E-state index in [0.717, 1.165) is 36.8 Å². The van der Waals surface area contributed by atoms with Crippen molar-refractivity contribution in [2.24, 2.45) is 0 Å². The van der Waals surface area contributed by atoms with Gasteiger partial charge in [0.2, 0.25) is 17.7 Å². The Balaban J connectivity index is 1.42. The van der Waals surface area contributed by atoms with Crippen molar-refractivity contribution in [1.82, 2.24) is 29.9 Å². The molecule has 3 aromatic rings. The zero-order chi connectivity index (χ0) is 21.8. The Kier molecular flexibility index (Phi) is 6.92. The maximum absolute atomic E-state index is 13.0. The van der Waals surface area contributed by atoms with E-state index in [-0.39, 0.29) is 24.2 Å². The second-order valence-corrected chi connectivity index (χ2v) is 9.10. The molecule has 31 heavy (non-hydrogen) atoms. The van der Waals surface area contributed by atoms with Crippen molar-refractivity contribution in [2.45, 2.75) is 63.8 Å². The van der Waals surface area contributed by atoms with Gasteiger partial charge in [0.1, 0.15) is 5.82 Å². The molecule has 164 valence electrons. The van der Waals surface area contributed by atoms with Crippen LogP contribution in [0.15, 0.2) is 33.8 Å². The lowest BCUT2D eigenvalue weighted by Crippen LogP contribution is -2.37. The van der Waals surface area contributed by atoms with Crippen LogP contribution < -0.4 is 0 Å². The molecule has 0 radical (unpaired) electrons. The van der Waals surface area contributed by atoms with Crippen LogP contribution in [0.1, 0.15) is 44.8 Å². The molecule has 1 amide bonds. The largest absolute Gasteiger partial charge is 0.419 e. The van der Waals surface area contributed by atoms with E-state index in [2.05, 4.69) is 25.0 Å². The summed E-state index contributed by atoms with van der Waals surface area (Å²) in [4.78, 5) is 14.7. The number of rotatable bonds is 7. The summed E-state index contributed by atoms with van der Waals surface area (Å²) in [5, 5.41) is 18.2. The number of hydrogen-bond donors (Lipinski definition) is 0. The van der Waals surface area contributed by atoms with Gasteiger partial charge in [-0.05, 0) is 38.8 Å². The van der Waals surface area contributed by atoms with Crippen LogP contribution in [-0.2, 0) is 24.3 Å². The molecule has 1 aliphatic rings. The highest BCUT2D eigenvalue weighted by Gasteiger charge is 2.23. The van der Waals surface area contributed by atoms with E-state index in [4.69, 9.17) is 16.0 Å². The molecule has 0 aliphatic carbocycles. The number of halogens is 1. The molecular formula is C21H25ClN6O2S. The van der Waals surface area contributed by atoms with Gasteiger partial charge in [-0.25, -0.2) is 0 Å². The van der Waals surface area contributed by atoms with Crippen molar-refractivity contribution in [2.75, 3.05) is 5.75 Å². The molecule has 0 atom stereocenters. The Morgan fingerprint density at radius 2 is 2.03 bits per heavy atom. The minimum atomic E-state index is -0.0146. The monoisotopic (exact) mass is 460 g/mol. The molecule has 3 heterocycles. The molecule has 0 spiro atoms. The zero-order valence-electron chi connectivity index (χ0n) is 17.6. The van der Waals surface area contributed by atoms with Gasteiger partial charge in [-0.15, -0.1) is 20.4 Å². The summed E-state index contributed by atoms with van der Waals surface area (Å²) in [6.45, 7) is 5.10. The predicted octanol–water partition coefficient (Wildman–Crippen LogP) is 4.24. The summed E-state index contributed by atoms with van der Waals surface area (Å²) in [5.41, 5.74) is 0.674. The first kappa shape index (κ1) is 21.8. The van der Waals surface area contributed by atoms with Gasteiger partial charge in [0, 0.05) is 19.0 Å².